The van der Waals surface area contributed by atoms with Crippen LogP contribution in [0.5, 0.6) is 0 Å². The number of likely N-dealkylation sites (N-methyl/N-ethyl adjacent to an activating group) is 1. The normalized spacial score (nSPS) is 13.9. The Morgan fingerprint density at radius 3 is 2.41 bits per heavy atom. The molecule has 1 aliphatic heterocycles. The van der Waals surface area contributed by atoms with Crippen LogP contribution in [0.3, 0.4) is 0 Å². The molecule has 0 saturated heterocycles. The molecule has 22 heavy (non-hydrogen) atoms. The van der Waals surface area contributed by atoms with Crippen LogP contribution in [-0.2, 0) is 0 Å². The average molecular weight is 314 g/mol. The summed E-state index contributed by atoms with van der Waals surface area (Å²) in [7, 11) is 2.02. The molecule has 5 heteroatoms. The van der Waals surface area contributed by atoms with E-state index in [9.17, 15) is 4.79 Å². The fraction of sp³-hybridized carbons (Fsp3) is 0.176. The summed E-state index contributed by atoms with van der Waals surface area (Å²) in [5.41, 5.74) is 2.36. The monoisotopic (exact) mass is 313 g/mol. The van der Waals surface area contributed by atoms with Gasteiger partial charge < -0.3 is 10.2 Å². The molecule has 0 bridgehead atoms. The zero-order valence-corrected chi connectivity index (χ0v) is 13.0. The maximum absolute atomic E-state index is 12.2. The number of carbonyl (C=O) groups is 1. The summed E-state index contributed by atoms with van der Waals surface area (Å²) >= 11 is 5.83. The van der Waals surface area contributed by atoms with E-state index in [0.717, 1.165) is 30.2 Å². The topological polar surface area (TPSA) is 44.7 Å². The Morgan fingerprint density at radius 1 is 1.14 bits per heavy atom. The standard InChI is InChI=1S/C17H16ClN3O/c1-21-11-10-19-16(21)12-2-4-13(5-3-12)17(22)20-15-8-6-14(18)7-9-15/h2-9H,10-11H2,1H3,(H,20,22). The maximum Gasteiger partial charge on any atom is 0.255 e. The van der Waals surface area contributed by atoms with E-state index in [1.807, 2.05) is 31.3 Å². The number of amides is 1. The van der Waals surface area contributed by atoms with Gasteiger partial charge in [0.25, 0.3) is 5.91 Å². The van der Waals surface area contributed by atoms with E-state index in [1.165, 1.54) is 0 Å². The maximum atomic E-state index is 12.2. The van der Waals surface area contributed by atoms with E-state index in [-0.39, 0.29) is 5.91 Å². The molecule has 0 aromatic heterocycles. The van der Waals surface area contributed by atoms with Gasteiger partial charge in [-0.3, -0.25) is 9.79 Å². The van der Waals surface area contributed by atoms with Gasteiger partial charge in [0.2, 0.25) is 0 Å². The summed E-state index contributed by atoms with van der Waals surface area (Å²) in [5, 5.41) is 3.49. The lowest BCUT2D eigenvalue weighted by atomic mass is 10.1. The van der Waals surface area contributed by atoms with Crippen LogP contribution in [0.2, 0.25) is 5.02 Å². The lowest BCUT2D eigenvalue weighted by Gasteiger charge is -2.14. The average Bonchev–Trinajstić information content (AvgIpc) is 2.96. The van der Waals surface area contributed by atoms with Gasteiger partial charge >= 0.3 is 0 Å². The minimum absolute atomic E-state index is 0.143. The number of anilines is 1. The Kier molecular flexibility index (Phi) is 4.11. The number of nitrogens with zero attached hydrogens (tertiary/aromatic N) is 2. The van der Waals surface area contributed by atoms with E-state index in [1.54, 1.807) is 24.3 Å². The molecule has 1 aliphatic rings. The first-order valence-corrected chi connectivity index (χ1v) is 7.44. The van der Waals surface area contributed by atoms with E-state index in [2.05, 4.69) is 15.2 Å². The van der Waals surface area contributed by atoms with Crippen LogP contribution >= 0.6 is 11.6 Å². The predicted octanol–water partition coefficient (Wildman–Crippen LogP) is 3.28. The highest BCUT2D eigenvalue weighted by Gasteiger charge is 2.15. The molecule has 0 radical (unpaired) electrons. The van der Waals surface area contributed by atoms with E-state index in [0.29, 0.717) is 10.6 Å². The van der Waals surface area contributed by atoms with Gasteiger partial charge in [0.1, 0.15) is 5.84 Å². The molecule has 1 amide bonds. The number of aliphatic imine (C=N–C) groups is 1. The van der Waals surface area contributed by atoms with Crippen LogP contribution in [0.4, 0.5) is 5.69 Å². The summed E-state index contributed by atoms with van der Waals surface area (Å²) in [4.78, 5) is 18.8. The molecule has 0 unspecified atom stereocenters. The number of halogens is 1. The molecule has 112 valence electrons. The highest BCUT2D eigenvalue weighted by atomic mass is 35.5. The first-order valence-electron chi connectivity index (χ1n) is 7.06. The van der Waals surface area contributed by atoms with Gasteiger partial charge in [0.05, 0.1) is 6.54 Å². The van der Waals surface area contributed by atoms with Crippen LogP contribution in [0.15, 0.2) is 53.5 Å². The largest absolute Gasteiger partial charge is 0.358 e. The van der Waals surface area contributed by atoms with Crippen LogP contribution in [-0.4, -0.2) is 36.8 Å². The second-order valence-electron chi connectivity index (χ2n) is 5.17. The summed E-state index contributed by atoms with van der Waals surface area (Å²) in [6, 6.07) is 14.5. The molecular formula is C17H16ClN3O. The van der Waals surface area contributed by atoms with Gasteiger partial charge in [0, 0.05) is 35.4 Å². The van der Waals surface area contributed by atoms with Crippen molar-refractivity contribution in [2.45, 2.75) is 0 Å². The molecular weight excluding hydrogens is 298 g/mol. The van der Waals surface area contributed by atoms with Crippen molar-refractivity contribution < 1.29 is 4.79 Å². The van der Waals surface area contributed by atoms with Crippen molar-refractivity contribution in [2.24, 2.45) is 4.99 Å². The number of amidine groups is 1. The number of carbonyl (C=O) groups excluding carboxylic acids is 1. The Bertz CT molecular complexity index is 708. The number of benzene rings is 2. The van der Waals surface area contributed by atoms with Crippen LogP contribution in [0, 0.1) is 0 Å². The SMILES string of the molecule is CN1CCN=C1c1ccc(C(=O)Nc2ccc(Cl)cc2)cc1. The predicted molar refractivity (Wildman–Crippen MR) is 89.9 cm³/mol. The van der Waals surface area contributed by atoms with Gasteiger partial charge in [-0.15, -0.1) is 0 Å². The Labute approximate surface area is 134 Å². The second-order valence-corrected chi connectivity index (χ2v) is 5.60. The molecule has 2 aromatic carbocycles. The van der Waals surface area contributed by atoms with Crippen molar-refractivity contribution in [3.8, 4) is 0 Å². The summed E-state index contributed by atoms with van der Waals surface area (Å²) in [5.74, 6) is 0.834. The number of rotatable bonds is 3. The first-order chi connectivity index (χ1) is 10.6. The Morgan fingerprint density at radius 2 is 1.82 bits per heavy atom. The van der Waals surface area contributed by atoms with Crippen LogP contribution in [0.25, 0.3) is 0 Å². The molecule has 3 rings (SSSR count). The molecule has 1 heterocycles. The van der Waals surface area contributed by atoms with E-state index in [4.69, 9.17) is 11.6 Å². The fourth-order valence-electron chi connectivity index (χ4n) is 2.35. The molecule has 0 atom stereocenters. The van der Waals surface area contributed by atoms with Crippen LogP contribution < -0.4 is 5.32 Å². The van der Waals surface area contributed by atoms with Gasteiger partial charge in [-0.1, -0.05) is 23.7 Å². The Hall–Kier alpha value is -2.33. The lowest BCUT2D eigenvalue weighted by molar-refractivity contribution is 0.102. The van der Waals surface area contributed by atoms with Crippen molar-refractivity contribution in [2.75, 3.05) is 25.5 Å². The molecule has 2 aromatic rings. The quantitative estimate of drug-likeness (QED) is 0.945. The highest BCUT2D eigenvalue weighted by Crippen LogP contribution is 2.15. The third kappa shape index (κ3) is 3.12. The molecule has 0 aliphatic carbocycles. The molecule has 0 fully saturated rings. The number of hydrogen-bond acceptors (Lipinski definition) is 3. The molecule has 1 N–H and O–H groups in total. The zero-order valence-electron chi connectivity index (χ0n) is 12.2. The second kappa shape index (κ2) is 6.20. The van der Waals surface area contributed by atoms with E-state index >= 15 is 0 Å². The van der Waals surface area contributed by atoms with Crippen molar-refractivity contribution in [1.29, 1.82) is 0 Å². The zero-order chi connectivity index (χ0) is 15.5. The van der Waals surface area contributed by atoms with Gasteiger partial charge in [-0.05, 0) is 36.4 Å². The van der Waals surface area contributed by atoms with Crippen molar-refractivity contribution in [3.63, 3.8) is 0 Å². The molecule has 0 saturated carbocycles. The number of nitrogens with one attached hydrogen (secondary N) is 1. The minimum Gasteiger partial charge on any atom is -0.358 e. The first kappa shape index (κ1) is 14.6. The van der Waals surface area contributed by atoms with E-state index < -0.39 is 0 Å². The van der Waals surface area contributed by atoms with Gasteiger partial charge in [0.15, 0.2) is 0 Å². The summed E-state index contributed by atoms with van der Waals surface area (Å²) in [6.45, 7) is 1.76. The number of hydrogen-bond donors (Lipinski definition) is 1. The third-order valence-electron chi connectivity index (χ3n) is 3.57. The van der Waals surface area contributed by atoms with Crippen molar-refractivity contribution >= 4 is 29.0 Å². The van der Waals surface area contributed by atoms with Gasteiger partial charge in [-0.25, -0.2) is 0 Å². The fourth-order valence-corrected chi connectivity index (χ4v) is 2.48. The Balaban J connectivity index is 1.72. The summed E-state index contributed by atoms with van der Waals surface area (Å²) < 4.78 is 0. The summed E-state index contributed by atoms with van der Waals surface area (Å²) in [6.07, 6.45) is 0. The minimum atomic E-state index is -0.143. The third-order valence-corrected chi connectivity index (χ3v) is 3.82. The van der Waals surface area contributed by atoms with Crippen molar-refractivity contribution in [1.82, 2.24) is 4.90 Å². The van der Waals surface area contributed by atoms with Crippen molar-refractivity contribution in [3.05, 3.63) is 64.7 Å². The lowest BCUT2D eigenvalue weighted by Crippen LogP contribution is -2.23. The molecule has 0 spiro atoms. The van der Waals surface area contributed by atoms with Gasteiger partial charge in [-0.2, -0.15) is 0 Å². The van der Waals surface area contributed by atoms with Crippen LogP contribution in [0.1, 0.15) is 15.9 Å². The smallest absolute Gasteiger partial charge is 0.255 e. The molecule has 4 nitrogen and oxygen atoms in total. The highest BCUT2D eigenvalue weighted by molar-refractivity contribution is 6.30.